The van der Waals surface area contributed by atoms with E-state index in [0.29, 0.717) is 6.04 Å². The van der Waals surface area contributed by atoms with Crippen LogP contribution in [0, 0.1) is 0 Å². The fourth-order valence-corrected chi connectivity index (χ4v) is 2.95. The molecule has 2 aliphatic rings. The molecule has 0 bridgehead atoms. The number of nitrogens with zero attached hydrogens (tertiary/aromatic N) is 1. The summed E-state index contributed by atoms with van der Waals surface area (Å²) < 4.78 is 5.92. The first kappa shape index (κ1) is 12.3. The largest absolute Gasteiger partial charge is 0.375 e. The van der Waals surface area contributed by atoms with Crippen molar-refractivity contribution in [2.75, 3.05) is 26.2 Å². The molecule has 0 spiro atoms. The standard InChI is InChI=1S/C13H26N2O/c1-4-13(3)9-12(5-8-16-13)15-7-6-14-11(2)10-15/h11-12,14H,4-10H2,1-3H3. The molecule has 2 fully saturated rings. The lowest BCUT2D eigenvalue weighted by Crippen LogP contribution is -2.56. The van der Waals surface area contributed by atoms with Crippen LogP contribution in [0.4, 0.5) is 0 Å². The summed E-state index contributed by atoms with van der Waals surface area (Å²) in [7, 11) is 0. The Morgan fingerprint density at radius 1 is 1.50 bits per heavy atom. The highest BCUT2D eigenvalue weighted by molar-refractivity contribution is 4.89. The van der Waals surface area contributed by atoms with Gasteiger partial charge in [-0.15, -0.1) is 0 Å². The number of rotatable bonds is 2. The molecule has 1 N–H and O–H groups in total. The van der Waals surface area contributed by atoms with Crippen molar-refractivity contribution in [1.82, 2.24) is 10.2 Å². The van der Waals surface area contributed by atoms with Gasteiger partial charge in [-0.05, 0) is 33.1 Å². The van der Waals surface area contributed by atoms with E-state index >= 15 is 0 Å². The first-order valence-corrected chi connectivity index (χ1v) is 6.74. The molecule has 2 saturated heterocycles. The van der Waals surface area contributed by atoms with Crippen LogP contribution >= 0.6 is 0 Å². The normalized spacial score (nSPS) is 42.2. The van der Waals surface area contributed by atoms with Gasteiger partial charge >= 0.3 is 0 Å². The SMILES string of the molecule is CCC1(C)CC(N2CCNC(C)C2)CCO1. The first-order chi connectivity index (χ1) is 7.63. The van der Waals surface area contributed by atoms with Crippen LogP contribution in [0.25, 0.3) is 0 Å². The van der Waals surface area contributed by atoms with Crippen molar-refractivity contribution in [3.8, 4) is 0 Å². The second-order valence-corrected chi connectivity index (χ2v) is 5.65. The third-order valence-electron chi connectivity index (χ3n) is 4.23. The summed E-state index contributed by atoms with van der Waals surface area (Å²) in [6.45, 7) is 11.3. The Kier molecular flexibility index (Phi) is 3.88. The highest BCUT2D eigenvalue weighted by Crippen LogP contribution is 2.30. The monoisotopic (exact) mass is 226 g/mol. The van der Waals surface area contributed by atoms with Crippen molar-refractivity contribution in [3.05, 3.63) is 0 Å². The number of piperazine rings is 1. The Balaban J connectivity index is 1.93. The average Bonchev–Trinajstić information content (AvgIpc) is 2.29. The molecule has 3 unspecified atom stereocenters. The Morgan fingerprint density at radius 2 is 2.31 bits per heavy atom. The zero-order valence-electron chi connectivity index (χ0n) is 11.0. The number of hydrogen-bond acceptors (Lipinski definition) is 3. The first-order valence-electron chi connectivity index (χ1n) is 6.74. The predicted molar refractivity (Wildman–Crippen MR) is 66.7 cm³/mol. The van der Waals surface area contributed by atoms with Crippen molar-refractivity contribution < 1.29 is 4.74 Å². The van der Waals surface area contributed by atoms with Crippen LogP contribution in [0.2, 0.25) is 0 Å². The molecule has 0 aromatic rings. The van der Waals surface area contributed by atoms with E-state index < -0.39 is 0 Å². The predicted octanol–water partition coefficient (Wildman–Crippen LogP) is 1.63. The van der Waals surface area contributed by atoms with Crippen LogP contribution in [0.5, 0.6) is 0 Å². The minimum Gasteiger partial charge on any atom is -0.375 e. The molecule has 0 saturated carbocycles. The van der Waals surface area contributed by atoms with E-state index in [1.807, 2.05) is 0 Å². The maximum absolute atomic E-state index is 5.92. The maximum Gasteiger partial charge on any atom is 0.0666 e. The number of ether oxygens (including phenoxy) is 1. The summed E-state index contributed by atoms with van der Waals surface area (Å²) >= 11 is 0. The molecule has 94 valence electrons. The Bertz CT molecular complexity index is 234. The fraction of sp³-hybridized carbons (Fsp3) is 1.00. The van der Waals surface area contributed by atoms with E-state index in [4.69, 9.17) is 4.74 Å². The highest BCUT2D eigenvalue weighted by Gasteiger charge is 2.35. The second kappa shape index (κ2) is 5.03. The zero-order valence-corrected chi connectivity index (χ0v) is 11.0. The Hall–Kier alpha value is -0.120. The highest BCUT2D eigenvalue weighted by atomic mass is 16.5. The summed E-state index contributed by atoms with van der Waals surface area (Å²) in [5.74, 6) is 0. The summed E-state index contributed by atoms with van der Waals surface area (Å²) in [4.78, 5) is 2.66. The van der Waals surface area contributed by atoms with Gasteiger partial charge in [0.1, 0.15) is 0 Å². The minimum atomic E-state index is 0.122. The van der Waals surface area contributed by atoms with Crippen molar-refractivity contribution in [3.63, 3.8) is 0 Å². The molecule has 2 heterocycles. The van der Waals surface area contributed by atoms with Gasteiger partial charge in [-0.25, -0.2) is 0 Å². The van der Waals surface area contributed by atoms with Crippen LogP contribution in [-0.4, -0.2) is 48.8 Å². The lowest BCUT2D eigenvalue weighted by Gasteiger charge is -2.45. The summed E-state index contributed by atoms with van der Waals surface area (Å²) in [5.41, 5.74) is 0.122. The van der Waals surface area contributed by atoms with Gasteiger partial charge in [-0.3, -0.25) is 4.90 Å². The van der Waals surface area contributed by atoms with Gasteiger partial charge in [0.25, 0.3) is 0 Å². The van der Waals surface area contributed by atoms with Crippen LogP contribution in [0.15, 0.2) is 0 Å². The Morgan fingerprint density at radius 3 is 3.00 bits per heavy atom. The van der Waals surface area contributed by atoms with Crippen LogP contribution < -0.4 is 5.32 Å². The van der Waals surface area contributed by atoms with Gasteiger partial charge in [-0.1, -0.05) is 6.92 Å². The van der Waals surface area contributed by atoms with Crippen molar-refractivity contribution in [2.24, 2.45) is 0 Å². The third-order valence-corrected chi connectivity index (χ3v) is 4.23. The smallest absolute Gasteiger partial charge is 0.0666 e. The maximum atomic E-state index is 5.92. The molecule has 0 aromatic heterocycles. The van der Waals surface area contributed by atoms with Crippen LogP contribution in [0.1, 0.15) is 40.0 Å². The lowest BCUT2D eigenvalue weighted by atomic mass is 9.88. The van der Waals surface area contributed by atoms with Gasteiger partial charge in [0.15, 0.2) is 0 Å². The van der Waals surface area contributed by atoms with Crippen LogP contribution in [0.3, 0.4) is 0 Å². The molecule has 16 heavy (non-hydrogen) atoms. The fourth-order valence-electron chi connectivity index (χ4n) is 2.95. The van der Waals surface area contributed by atoms with Crippen molar-refractivity contribution in [2.45, 2.75) is 57.7 Å². The molecule has 0 amide bonds. The topological polar surface area (TPSA) is 24.5 Å². The van der Waals surface area contributed by atoms with Crippen LogP contribution in [-0.2, 0) is 4.74 Å². The van der Waals surface area contributed by atoms with E-state index in [2.05, 4.69) is 31.0 Å². The summed E-state index contributed by atoms with van der Waals surface area (Å²) in [6, 6.07) is 1.38. The number of hydrogen-bond donors (Lipinski definition) is 1. The molecule has 3 atom stereocenters. The second-order valence-electron chi connectivity index (χ2n) is 5.65. The van der Waals surface area contributed by atoms with Gasteiger partial charge in [0.2, 0.25) is 0 Å². The third kappa shape index (κ3) is 2.76. The van der Waals surface area contributed by atoms with E-state index in [0.717, 1.165) is 25.6 Å². The Labute approximate surface area is 99.5 Å². The molecule has 3 heteroatoms. The summed E-state index contributed by atoms with van der Waals surface area (Å²) in [5, 5.41) is 3.51. The summed E-state index contributed by atoms with van der Waals surface area (Å²) in [6.07, 6.45) is 3.55. The molecule has 2 aliphatic heterocycles. The van der Waals surface area contributed by atoms with Crippen molar-refractivity contribution in [1.29, 1.82) is 0 Å². The molecule has 3 nitrogen and oxygen atoms in total. The van der Waals surface area contributed by atoms with E-state index in [-0.39, 0.29) is 5.60 Å². The average molecular weight is 226 g/mol. The molecular formula is C13H26N2O. The van der Waals surface area contributed by atoms with E-state index in [9.17, 15) is 0 Å². The lowest BCUT2D eigenvalue weighted by molar-refractivity contribution is -0.0988. The van der Waals surface area contributed by atoms with E-state index in [1.54, 1.807) is 0 Å². The van der Waals surface area contributed by atoms with Gasteiger partial charge in [0.05, 0.1) is 5.60 Å². The van der Waals surface area contributed by atoms with E-state index in [1.165, 1.54) is 25.9 Å². The van der Waals surface area contributed by atoms with Gasteiger partial charge < -0.3 is 10.1 Å². The molecule has 2 rings (SSSR count). The molecule has 0 aromatic carbocycles. The van der Waals surface area contributed by atoms with Crippen molar-refractivity contribution >= 4 is 0 Å². The van der Waals surface area contributed by atoms with Gasteiger partial charge in [0, 0.05) is 38.3 Å². The molecular weight excluding hydrogens is 200 g/mol. The zero-order chi connectivity index (χ0) is 11.6. The minimum absolute atomic E-state index is 0.122. The molecule has 0 radical (unpaired) electrons. The number of nitrogens with one attached hydrogen (secondary N) is 1. The van der Waals surface area contributed by atoms with Gasteiger partial charge in [-0.2, -0.15) is 0 Å². The molecule has 0 aliphatic carbocycles. The quantitative estimate of drug-likeness (QED) is 0.774.